The highest BCUT2D eigenvalue weighted by molar-refractivity contribution is 5.79. The molecule has 2 heteroatoms. The van der Waals surface area contributed by atoms with Gasteiger partial charge in [-0.1, -0.05) is 13.3 Å². The average molecular weight is 182 g/mol. The number of Topliss-reactive ketones (excluding diaryl/α,β-unsaturated/α-hetero) is 1. The molecular weight excluding hydrogens is 164 g/mol. The second kappa shape index (κ2) is 3.09. The summed E-state index contributed by atoms with van der Waals surface area (Å²) < 4.78 is 0. The van der Waals surface area contributed by atoms with Crippen molar-refractivity contribution in [2.24, 2.45) is 11.3 Å². The predicted octanol–water partition coefficient (Wildman–Crippen LogP) is 1.91. The zero-order valence-corrected chi connectivity index (χ0v) is 8.25. The van der Waals surface area contributed by atoms with Crippen LogP contribution in [0.25, 0.3) is 0 Å². The van der Waals surface area contributed by atoms with Crippen molar-refractivity contribution < 1.29 is 9.90 Å². The van der Waals surface area contributed by atoms with Gasteiger partial charge in [-0.15, -0.1) is 0 Å². The minimum atomic E-state index is -0.167. The van der Waals surface area contributed by atoms with Gasteiger partial charge in [-0.2, -0.15) is 0 Å². The molecule has 2 aliphatic carbocycles. The number of aliphatic hydroxyl groups is 1. The second-order valence-electron chi connectivity index (χ2n) is 4.89. The number of aliphatic hydroxyl groups excluding tert-OH is 1. The molecule has 2 aliphatic rings. The average Bonchev–Trinajstić information content (AvgIpc) is 2.09. The van der Waals surface area contributed by atoms with Crippen LogP contribution in [0, 0.1) is 11.3 Å². The van der Waals surface area contributed by atoms with Gasteiger partial charge in [0.25, 0.3) is 0 Å². The maximum absolute atomic E-state index is 11.3. The lowest BCUT2D eigenvalue weighted by molar-refractivity contribution is -0.131. The standard InChI is InChI=1S/C11H18O2/c1-11-6-5-9(12)7-8(11)3-2-4-10(11)13/h8,10,13H,2-7H2,1H3/t8-,10?,11-/m0/s1. The second-order valence-corrected chi connectivity index (χ2v) is 4.89. The molecule has 0 aromatic carbocycles. The third-order valence-corrected chi connectivity index (χ3v) is 4.14. The Balaban J connectivity index is 2.17. The first-order valence-corrected chi connectivity index (χ1v) is 5.33. The molecule has 2 nitrogen and oxygen atoms in total. The van der Waals surface area contributed by atoms with Gasteiger partial charge in [0.2, 0.25) is 0 Å². The van der Waals surface area contributed by atoms with Crippen molar-refractivity contribution in [3.8, 4) is 0 Å². The largest absolute Gasteiger partial charge is 0.393 e. The molecule has 0 radical (unpaired) electrons. The van der Waals surface area contributed by atoms with Crippen LogP contribution in [0.4, 0.5) is 0 Å². The van der Waals surface area contributed by atoms with Gasteiger partial charge in [0.15, 0.2) is 0 Å². The van der Waals surface area contributed by atoms with Crippen LogP contribution in [0.1, 0.15) is 45.4 Å². The third kappa shape index (κ3) is 1.41. The third-order valence-electron chi connectivity index (χ3n) is 4.14. The number of fused-ring (bicyclic) bond motifs is 1. The SMILES string of the molecule is C[C@]12CCC(=O)C[C@@H]1CCCC2O. The van der Waals surface area contributed by atoms with Crippen LogP contribution >= 0.6 is 0 Å². The zero-order chi connectivity index (χ0) is 9.47. The van der Waals surface area contributed by atoms with Gasteiger partial charge in [-0.3, -0.25) is 4.79 Å². The van der Waals surface area contributed by atoms with Crippen LogP contribution in [0.3, 0.4) is 0 Å². The smallest absolute Gasteiger partial charge is 0.133 e. The van der Waals surface area contributed by atoms with Crippen molar-refractivity contribution in [2.75, 3.05) is 0 Å². The highest BCUT2D eigenvalue weighted by atomic mass is 16.3. The fraction of sp³-hybridized carbons (Fsp3) is 0.909. The van der Waals surface area contributed by atoms with Crippen molar-refractivity contribution in [1.29, 1.82) is 0 Å². The van der Waals surface area contributed by atoms with Gasteiger partial charge in [0, 0.05) is 12.8 Å². The lowest BCUT2D eigenvalue weighted by atomic mass is 9.59. The molecule has 0 heterocycles. The van der Waals surface area contributed by atoms with Gasteiger partial charge in [0.1, 0.15) is 5.78 Å². The Bertz CT molecular complexity index is 224. The van der Waals surface area contributed by atoms with Crippen LogP contribution < -0.4 is 0 Å². The van der Waals surface area contributed by atoms with Crippen LogP contribution in [-0.2, 0) is 4.79 Å². The topological polar surface area (TPSA) is 37.3 Å². The molecule has 0 aromatic heterocycles. The van der Waals surface area contributed by atoms with E-state index >= 15 is 0 Å². The molecule has 74 valence electrons. The maximum Gasteiger partial charge on any atom is 0.133 e. The van der Waals surface area contributed by atoms with E-state index < -0.39 is 0 Å². The zero-order valence-electron chi connectivity index (χ0n) is 8.25. The summed E-state index contributed by atoms with van der Waals surface area (Å²) in [7, 11) is 0. The molecule has 0 saturated heterocycles. The summed E-state index contributed by atoms with van der Waals surface area (Å²) in [6.07, 6.45) is 5.30. The fourth-order valence-corrected chi connectivity index (χ4v) is 2.98. The molecule has 3 atom stereocenters. The summed E-state index contributed by atoms with van der Waals surface area (Å²) in [5.74, 6) is 0.856. The van der Waals surface area contributed by atoms with Gasteiger partial charge in [-0.25, -0.2) is 0 Å². The summed E-state index contributed by atoms with van der Waals surface area (Å²) >= 11 is 0. The fourth-order valence-electron chi connectivity index (χ4n) is 2.98. The van der Waals surface area contributed by atoms with Gasteiger partial charge in [-0.05, 0) is 30.6 Å². The van der Waals surface area contributed by atoms with Gasteiger partial charge < -0.3 is 5.11 Å². The molecular formula is C11H18O2. The highest BCUT2D eigenvalue weighted by Gasteiger charge is 2.46. The highest BCUT2D eigenvalue weighted by Crippen LogP contribution is 2.49. The van der Waals surface area contributed by atoms with Gasteiger partial charge >= 0.3 is 0 Å². The van der Waals surface area contributed by atoms with E-state index in [1.54, 1.807) is 0 Å². The first-order valence-electron chi connectivity index (χ1n) is 5.33. The molecule has 1 N–H and O–H groups in total. The Morgan fingerprint density at radius 3 is 3.00 bits per heavy atom. The lowest BCUT2D eigenvalue weighted by Crippen LogP contribution is -2.46. The summed E-state index contributed by atoms with van der Waals surface area (Å²) in [6, 6.07) is 0. The lowest BCUT2D eigenvalue weighted by Gasteiger charge is -2.47. The molecule has 0 spiro atoms. The predicted molar refractivity (Wildman–Crippen MR) is 50.3 cm³/mol. The van der Waals surface area contributed by atoms with E-state index in [4.69, 9.17) is 0 Å². The van der Waals surface area contributed by atoms with E-state index in [0.717, 1.165) is 25.7 Å². The number of rotatable bonds is 0. The Hall–Kier alpha value is -0.370. The molecule has 2 saturated carbocycles. The number of ketones is 1. The molecule has 2 rings (SSSR count). The van der Waals surface area contributed by atoms with Crippen molar-refractivity contribution >= 4 is 5.78 Å². The van der Waals surface area contributed by atoms with E-state index in [1.807, 2.05) is 0 Å². The van der Waals surface area contributed by atoms with Crippen LogP contribution in [0.5, 0.6) is 0 Å². The molecule has 13 heavy (non-hydrogen) atoms. The van der Waals surface area contributed by atoms with E-state index in [2.05, 4.69) is 6.92 Å². The Morgan fingerprint density at radius 1 is 1.46 bits per heavy atom. The van der Waals surface area contributed by atoms with E-state index in [0.29, 0.717) is 24.5 Å². The minimum absolute atomic E-state index is 0.0478. The first-order chi connectivity index (χ1) is 6.13. The molecule has 0 amide bonds. The summed E-state index contributed by atoms with van der Waals surface area (Å²) in [5.41, 5.74) is 0.0478. The van der Waals surface area contributed by atoms with Crippen molar-refractivity contribution in [3.05, 3.63) is 0 Å². The van der Waals surface area contributed by atoms with Crippen LogP contribution in [0.15, 0.2) is 0 Å². The Morgan fingerprint density at radius 2 is 2.23 bits per heavy atom. The van der Waals surface area contributed by atoms with E-state index in [1.165, 1.54) is 0 Å². The molecule has 0 aliphatic heterocycles. The summed E-state index contributed by atoms with van der Waals surface area (Å²) in [6.45, 7) is 2.16. The number of hydrogen-bond acceptors (Lipinski definition) is 2. The van der Waals surface area contributed by atoms with Crippen molar-refractivity contribution in [2.45, 2.75) is 51.6 Å². The van der Waals surface area contributed by atoms with Crippen LogP contribution in [-0.4, -0.2) is 17.0 Å². The normalized spacial score (nSPS) is 45.8. The maximum atomic E-state index is 11.3. The molecule has 2 fully saturated rings. The number of hydrogen-bond donors (Lipinski definition) is 1. The molecule has 1 unspecified atom stereocenters. The Kier molecular flexibility index (Phi) is 2.18. The minimum Gasteiger partial charge on any atom is -0.393 e. The summed E-state index contributed by atoms with van der Waals surface area (Å²) in [5, 5.41) is 9.94. The first kappa shape index (κ1) is 9.20. The van der Waals surface area contributed by atoms with Crippen LogP contribution in [0.2, 0.25) is 0 Å². The quantitative estimate of drug-likeness (QED) is 0.621. The number of carbonyl (C=O) groups is 1. The molecule has 0 bridgehead atoms. The summed E-state index contributed by atoms with van der Waals surface area (Å²) in [4.78, 5) is 11.3. The van der Waals surface area contributed by atoms with Crippen molar-refractivity contribution in [1.82, 2.24) is 0 Å². The van der Waals surface area contributed by atoms with Gasteiger partial charge in [0.05, 0.1) is 6.10 Å². The molecule has 0 aromatic rings. The van der Waals surface area contributed by atoms with Crippen molar-refractivity contribution in [3.63, 3.8) is 0 Å². The Labute approximate surface area is 79.3 Å². The number of carbonyl (C=O) groups excluding carboxylic acids is 1. The van der Waals surface area contributed by atoms with E-state index in [9.17, 15) is 9.90 Å². The monoisotopic (exact) mass is 182 g/mol. The van der Waals surface area contributed by atoms with E-state index in [-0.39, 0.29) is 11.5 Å².